The number of carbonyl (C=O) groups is 2. The molecule has 25 heavy (non-hydrogen) atoms. The van der Waals surface area contributed by atoms with Gasteiger partial charge >= 0.3 is 41.8 Å². The Bertz CT molecular complexity index is 653. The van der Waals surface area contributed by atoms with Crippen molar-refractivity contribution in [3.8, 4) is 0 Å². The molecule has 6 nitrogen and oxygen atoms in total. The van der Waals surface area contributed by atoms with Gasteiger partial charge in [-0.2, -0.15) is 13.2 Å². The number of carbonyl (C=O) groups excluding carboxylic acids is 2. The molecule has 1 saturated heterocycles. The fourth-order valence-electron chi connectivity index (χ4n) is 2.20. The van der Waals surface area contributed by atoms with Gasteiger partial charge in [-0.3, -0.25) is 9.69 Å². The molecule has 0 radical (unpaired) electrons. The van der Waals surface area contributed by atoms with Crippen LogP contribution in [0.1, 0.15) is 34.2 Å². The zero-order valence-electron chi connectivity index (χ0n) is 15.5. The van der Waals surface area contributed by atoms with Gasteiger partial charge in [0.2, 0.25) is 0 Å². The van der Waals surface area contributed by atoms with Crippen LogP contribution in [0, 0.1) is 0 Å². The number of hydrogen-bond acceptors (Lipinski definition) is 4. The summed E-state index contributed by atoms with van der Waals surface area (Å²) in [5.41, 5.74) is -1.42. The van der Waals surface area contributed by atoms with E-state index < -0.39 is 35.4 Å². The van der Waals surface area contributed by atoms with E-state index in [2.05, 4.69) is 10.3 Å². The molecule has 1 unspecified atom stereocenters. The number of hydrogen-bond donors (Lipinski definition) is 1. The Morgan fingerprint density at radius 3 is 2.60 bits per heavy atom. The number of pyridine rings is 1. The SMILES string of the molecule is CC(C)(C)NC(=O)OC1CCN(c2cc(C(F)(F)F)ccn2)C1=O.[H-].[Na+]. The first-order valence-corrected chi connectivity index (χ1v) is 7.31. The normalized spacial score (nSPS) is 17.9. The van der Waals surface area contributed by atoms with Crippen LogP contribution >= 0.6 is 0 Å². The molecule has 1 aromatic rings. The van der Waals surface area contributed by atoms with Crippen LogP contribution in [0.15, 0.2) is 18.3 Å². The minimum absolute atomic E-state index is 0. The molecule has 1 aliphatic heterocycles. The first kappa shape index (κ1) is 21.7. The number of nitrogens with zero attached hydrogens (tertiary/aromatic N) is 2. The summed E-state index contributed by atoms with van der Waals surface area (Å²) in [5.74, 6) is -0.706. The fraction of sp³-hybridized carbons (Fsp3) is 0.533. The van der Waals surface area contributed by atoms with Gasteiger partial charge in [0, 0.05) is 24.7 Å². The van der Waals surface area contributed by atoms with Crippen LogP contribution in [0.3, 0.4) is 0 Å². The molecule has 2 rings (SSSR count). The van der Waals surface area contributed by atoms with E-state index in [-0.39, 0.29) is 49.8 Å². The third-order valence-corrected chi connectivity index (χ3v) is 3.23. The molecule has 2 heterocycles. The number of alkyl carbamates (subject to hydrolysis) is 1. The van der Waals surface area contributed by atoms with Crippen LogP contribution in [0.4, 0.5) is 23.8 Å². The summed E-state index contributed by atoms with van der Waals surface area (Å²) in [5, 5.41) is 2.55. The molecule has 2 amide bonds. The fourth-order valence-corrected chi connectivity index (χ4v) is 2.20. The second-order valence-corrected chi connectivity index (χ2v) is 6.45. The maximum atomic E-state index is 12.7. The second-order valence-electron chi connectivity index (χ2n) is 6.45. The smallest absolute Gasteiger partial charge is 1.00 e. The van der Waals surface area contributed by atoms with Crippen LogP contribution in [-0.4, -0.2) is 35.2 Å². The molecule has 1 aliphatic rings. The topological polar surface area (TPSA) is 71.5 Å². The molecule has 134 valence electrons. The van der Waals surface area contributed by atoms with Gasteiger partial charge in [-0.25, -0.2) is 9.78 Å². The van der Waals surface area contributed by atoms with Gasteiger partial charge in [0.1, 0.15) is 5.82 Å². The molecule has 0 spiro atoms. The number of amides is 2. The number of alkyl halides is 3. The maximum Gasteiger partial charge on any atom is 1.00 e. The minimum atomic E-state index is -4.52. The Labute approximate surface area is 166 Å². The zero-order chi connectivity index (χ0) is 18.1. The van der Waals surface area contributed by atoms with E-state index in [4.69, 9.17) is 4.74 Å². The molecule has 1 atom stereocenters. The van der Waals surface area contributed by atoms with Crippen LogP contribution in [0.2, 0.25) is 0 Å². The molecule has 0 bridgehead atoms. The van der Waals surface area contributed by atoms with Crippen molar-refractivity contribution in [1.82, 2.24) is 10.3 Å². The Morgan fingerprint density at radius 2 is 2.04 bits per heavy atom. The standard InChI is InChI=1S/C15H18F3N3O3.Na.H/c1-14(2,3)20-13(23)24-10-5-7-21(12(10)22)11-8-9(4-6-19-11)15(16,17)18;;/h4,6,8,10H,5,7H2,1-3H3,(H,20,23);;/q;+1;-1. The summed E-state index contributed by atoms with van der Waals surface area (Å²) in [6.45, 7) is 5.39. The number of aromatic nitrogens is 1. The molecule has 1 N–H and O–H groups in total. The Hall–Kier alpha value is -1.32. The molecule has 1 fully saturated rings. The van der Waals surface area contributed by atoms with E-state index in [1.807, 2.05) is 0 Å². The van der Waals surface area contributed by atoms with E-state index >= 15 is 0 Å². The second kappa shape index (κ2) is 7.92. The summed E-state index contributed by atoms with van der Waals surface area (Å²) in [4.78, 5) is 28.9. The summed E-state index contributed by atoms with van der Waals surface area (Å²) >= 11 is 0. The average molecular weight is 369 g/mol. The number of nitrogens with one attached hydrogen (secondary N) is 1. The van der Waals surface area contributed by atoms with Crippen molar-refractivity contribution < 1.29 is 58.5 Å². The number of halogens is 3. The minimum Gasteiger partial charge on any atom is -1.00 e. The molecule has 1 aromatic heterocycles. The summed E-state index contributed by atoms with van der Waals surface area (Å²) in [6.07, 6.45) is -5.13. The largest absolute Gasteiger partial charge is 1.00 e. The van der Waals surface area contributed by atoms with Gasteiger partial charge < -0.3 is 11.5 Å². The number of ether oxygens (including phenoxy) is 1. The maximum absolute atomic E-state index is 12.7. The zero-order valence-corrected chi connectivity index (χ0v) is 16.5. The van der Waals surface area contributed by atoms with E-state index in [1.54, 1.807) is 20.8 Å². The predicted molar refractivity (Wildman–Crippen MR) is 80.5 cm³/mol. The Morgan fingerprint density at radius 1 is 1.40 bits per heavy atom. The monoisotopic (exact) mass is 369 g/mol. The Kier molecular flexibility index (Phi) is 6.88. The summed E-state index contributed by atoms with van der Waals surface area (Å²) < 4.78 is 43.3. The van der Waals surface area contributed by atoms with Crippen molar-refractivity contribution in [2.45, 2.75) is 45.0 Å². The van der Waals surface area contributed by atoms with Crippen molar-refractivity contribution in [3.05, 3.63) is 23.9 Å². The molecular formula is C15H19F3N3NaO3. The van der Waals surface area contributed by atoms with Gasteiger partial charge in [0.15, 0.2) is 6.10 Å². The molecule has 0 aromatic carbocycles. The van der Waals surface area contributed by atoms with Crippen molar-refractivity contribution in [2.75, 3.05) is 11.4 Å². The number of anilines is 1. The molecule has 10 heteroatoms. The van der Waals surface area contributed by atoms with Crippen molar-refractivity contribution in [3.63, 3.8) is 0 Å². The van der Waals surface area contributed by atoms with E-state index in [0.29, 0.717) is 0 Å². The van der Waals surface area contributed by atoms with Crippen molar-refractivity contribution in [1.29, 1.82) is 0 Å². The van der Waals surface area contributed by atoms with Crippen LogP contribution < -0.4 is 39.8 Å². The van der Waals surface area contributed by atoms with Gasteiger partial charge in [0.05, 0.1) is 5.56 Å². The van der Waals surface area contributed by atoms with Crippen LogP contribution in [0.5, 0.6) is 0 Å². The third-order valence-electron chi connectivity index (χ3n) is 3.23. The average Bonchev–Trinajstić information content (AvgIpc) is 2.77. The number of rotatable bonds is 2. The molecule has 0 saturated carbocycles. The first-order valence-electron chi connectivity index (χ1n) is 7.31. The van der Waals surface area contributed by atoms with E-state index in [0.717, 1.165) is 23.2 Å². The summed E-state index contributed by atoms with van der Waals surface area (Å²) in [6, 6.07) is 1.63. The van der Waals surface area contributed by atoms with Crippen molar-refractivity contribution in [2.24, 2.45) is 0 Å². The third kappa shape index (κ3) is 5.86. The predicted octanol–water partition coefficient (Wildman–Crippen LogP) is -0.153. The molecular weight excluding hydrogens is 350 g/mol. The van der Waals surface area contributed by atoms with Gasteiger partial charge in [-0.05, 0) is 32.9 Å². The molecule has 0 aliphatic carbocycles. The van der Waals surface area contributed by atoms with Gasteiger partial charge in [-0.15, -0.1) is 0 Å². The van der Waals surface area contributed by atoms with Gasteiger partial charge in [0.25, 0.3) is 5.91 Å². The first-order chi connectivity index (χ1) is 11.0. The van der Waals surface area contributed by atoms with E-state index in [9.17, 15) is 22.8 Å². The Balaban J connectivity index is 0.00000312. The van der Waals surface area contributed by atoms with E-state index in [1.165, 1.54) is 0 Å². The van der Waals surface area contributed by atoms with Gasteiger partial charge in [-0.1, -0.05) is 0 Å². The van der Waals surface area contributed by atoms with Crippen molar-refractivity contribution >= 4 is 17.8 Å². The van der Waals surface area contributed by atoms with Crippen LogP contribution in [0.25, 0.3) is 0 Å². The summed E-state index contributed by atoms with van der Waals surface area (Å²) in [7, 11) is 0. The quantitative estimate of drug-likeness (QED) is 0.736. The van der Waals surface area contributed by atoms with Crippen LogP contribution in [-0.2, 0) is 15.7 Å².